The van der Waals surface area contributed by atoms with Crippen molar-refractivity contribution in [1.29, 1.82) is 0 Å². The molecule has 0 aliphatic heterocycles. The quantitative estimate of drug-likeness (QED) is 0.104. The van der Waals surface area contributed by atoms with Gasteiger partial charge in [-0.25, -0.2) is 22.8 Å². The average Bonchev–Trinajstić information content (AvgIpc) is 3.47. The van der Waals surface area contributed by atoms with Crippen molar-refractivity contribution in [1.82, 2.24) is 15.3 Å². The van der Waals surface area contributed by atoms with E-state index in [0.717, 1.165) is 16.5 Å². The van der Waals surface area contributed by atoms with Crippen LogP contribution < -0.4 is 15.4 Å². The molecule has 0 aliphatic rings. The van der Waals surface area contributed by atoms with Crippen molar-refractivity contribution in [3.63, 3.8) is 0 Å². The standard InChI is InChI=1S/C29H26ClFN4O4S.C2H6O3S/c1-40(36,37)12-11-32-16-23-7-10-27(39-23)20-5-8-26-24(14-20)29(34-18-33-26)35-22-6-9-28(25(30)15-22)38-17-19-3-2-4-21(31)13-19;1-2-6(3,4)5/h2-10,13-15,18,32H,11-12,16-17H2,1H3,(H,33,34,35);2H2,1H3,(H,3,4,5). The Labute approximate surface area is 271 Å². The normalized spacial score (nSPS) is 11.6. The van der Waals surface area contributed by atoms with E-state index >= 15 is 0 Å². The molecular weight excluding hydrogens is 659 g/mol. The molecule has 0 saturated heterocycles. The van der Waals surface area contributed by atoms with Gasteiger partial charge in [0.05, 0.1) is 28.6 Å². The van der Waals surface area contributed by atoms with Crippen LogP contribution >= 0.6 is 11.6 Å². The second kappa shape index (κ2) is 15.5. The lowest BCUT2D eigenvalue weighted by atomic mass is 10.1. The number of ether oxygens (including phenoxy) is 1. The van der Waals surface area contributed by atoms with Crippen LogP contribution in [-0.4, -0.2) is 55.7 Å². The van der Waals surface area contributed by atoms with Crippen LogP contribution in [-0.2, 0) is 33.1 Å². The number of furan rings is 1. The Bertz CT molecular complexity index is 2020. The largest absolute Gasteiger partial charge is 0.487 e. The lowest BCUT2D eigenvalue weighted by Gasteiger charge is -2.12. The number of rotatable bonds is 12. The maximum Gasteiger partial charge on any atom is 0.264 e. The number of hydrogen-bond acceptors (Lipinski definition) is 10. The van der Waals surface area contributed by atoms with Gasteiger partial charge in [0.15, 0.2) is 0 Å². The molecule has 15 heteroatoms. The fourth-order valence-corrected chi connectivity index (χ4v) is 4.78. The third kappa shape index (κ3) is 10.8. The molecule has 5 rings (SSSR count). The Morgan fingerprint density at radius 1 is 1.00 bits per heavy atom. The zero-order valence-electron chi connectivity index (χ0n) is 24.9. The van der Waals surface area contributed by atoms with E-state index in [2.05, 4.69) is 20.6 Å². The first kappa shape index (κ1) is 34.8. The molecule has 2 aromatic heterocycles. The van der Waals surface area contributed by atoms with Gasteiger partial charge in [0.1, 0.15) is 51.7 Å². The van der Waals surface area contributed by atoms with Crippen LogP contribution in [0, 0.1) is 5.82 Å². The summed E-state index contributed by atoms with van der Waals surface area (Å²) in [6.45, 7) is 2.33. The maximum absolute atomic E-state index is 13.4. The van der Waals surface area contributed by atoms with E-state index in [1.807, 2.05) is 36.4 Å². The average molecular weight is 691 g/mol. The van der Waals surface area contributed by atoms with E-state index in [0.29, 0.717) is 52.5 Å². The molecule has 3 N–H and O–H groups in total. The van der Waals surface area contributed by atoms with Crippen molar-refractivity contribution < 1.29 is 34.9 Å². The number of benzene rings is 3. The second-order valence-electron chi connectivity index (χ2n) is 10.1. The van der Waals surface area contributed by atoms with Gasteiger partial charge in [-0.2, -0.15) is 8.42 Å². The SMILES string of the molecule is CCS(=O)(=O)O.CS(=O)(=O)CCNCc1ccc(-c2ccc3ncnc(Nc4ccc(OCc5cccc(F)c5)c(Cl)c4)c3c2)o1. The molecule has 3 aromatic carbocycles. The lowest BCUT2D eigenvalue weighted by Crippen LogP contribution is -2.21. The van der Waals surface area contributed by atoms with Crippen molar-refractivity contribution in [3.05, 3.63) is 101 Å². The van der Waals surface area contributed by atoms with Crippen LogP contribution in [0.1, 0.15) is 18.2 Å². The van der Waals surface area contributed by atoms with Gasteiger partial charge in [0.2, 0.25) is 0 Å². The monoisotopic (exact) mass is 690 g/mol. The number of nitrogens with zero attached hydrogens (tertiary/aromatic N) is 2. The summed E-state index contributed by atoms with van der Waals surface area (Å²) in [5.74, 6) is 1.97. The van der Waals surface area contributed by atoms with Crippen LogP contribution in [0.25, 0.3) is 22.2 Å². The zero-order chi connectivity index (χ0) is 33.3. The molecule has 2 heterocycles. The summed E-state index contributed by atoms with van der Waals surface area (Å²) in [5, 5.41) is 7.56. The highest BCUT2D eigenvalue weighted by atomic mass is 35.5. The Morgan fingerprint density at radius 2 is 1.78 bits per heavy atom. The molecule has 11 nitrogen and oxygen atoms in total. The van der Waals surface area contributed by atoms with Crippen LogP contribution in [0.3, 0.4) is 0 Å². The first-order valence-corrected chi connectivity index (χ1v) is 18.0. The minimum Gasteiger partial charge on any atom is -0.487 e. The Balaban J connectivity index is 0.000000731. The molecule has 5 aromatic rings. The summed E-state index contributed by atoms with van der Waals surface area (Å²) in [7, 11) is -6.68. The van der Waals surface area contributed by atoms with E-state index in [1.54, 1.807) is 24.3 Å². The van der Waals surface area contributed by atoms with Crippen LogP contribution in [0.4, 0.5) is 15.9 Å². The predicted molar refractivity (Wildman–Crippen MR) is 176 cm³/mol. The number of nitrogens with one attached hydrogen (secondary N) is 2. The molecule has 0 amide bonds. The fraction of sp³-hybridized carbons (Fsp3) is 0.226. The predicted octanol–water partition coefficient (Wildman–Crippen LogP) is 6.03. The highest BCUT2D eigenvalue weighted by Crippen LogP contribution is 2.32. The van der Waals surface area contributed by atoms with E-state index in [1.165, 1.54) is 31.6 Å². The van der Waals surface area contributed by atoms with Gasteiger partial charge in [-0.05, 0) is 73.2 Å². The van der Waals surface area contributed by atoms with E-state index in [4.69, 9.17) is 25.3 Å². The van der Waals surface area contributed by atoms with Crippen LogP contribution in [0.15, 0.2) is 83.5 Å². The van der Waals surface area contributed by atoms with E-state index in [9.17, 15) is 21.2 Å². The van der Waals surface area contributed by atoms with Crippen LogP contribution in [0.5, 0.6) is 5.75 Å². The molecule has 0 radical (unpaired) electrons. The molecule has 0 bridgehead atoms. The Kier molecular flexibility index (Phi) is 11.7. The Hall–Kier alpha value is -4.08. The van der Waals surface area contributed by atoms with E-state index in [-0.39, 0.29) is 23.9 Å². The highest BCUT2D eigenvalue weighted by Gasteiger charge is 2.11. The van der Waals surface area contributed by atoms with Gasteiger partial charge in [-0.1, -0.05) is 23.7 Å². The van der Waals surface area contributed by atoms with Crippen molar-refractivity contribution in [2.24, 2.45) is 0 Å². The summed E-state index contributed by atoms with van der Waals surface area (Å²) >= 11 is 6.47. The number of sulfone groups is 1. The minimum absolute atomic E-state index is 0.0664. The third-order valence-electron chi connectivity index (χ3n) is 6.37. The van der Waals surface area contributed by atoms with Gasteiger partial charge in [-0.15, -0.1) is 0 Å². The summed E-state index contributed by atoms with van der Waals surface area (Å²) in [4.78, 5) is 8.80. The molecule has 0 spiro atoms. The fourth-order valence-electron chi connectivity index (χ4n) is 4.03. The van der Waals surface area contributed by atoms with Gasteiger partial charge >= 0.3 is 0 Å². The van der Waals surface area contributed by atoms with Gasteiger partial charge in [-0.3, -0.25) is 4.55 Å². The van der Waals surface area contributed by atoms with Crippen LogP contribution in [0.2, 0.25) is 5.02 Å². The number of hydrogen-bond donors (Lipinski definition) is 3. The zero-order valence-corrected chi connectivity index (χ0v) is 27.3. The maximum atomic E-state index is 13.4. The van der Waals surface area contributed by atoms with Crippen molar-refractivity contribution in [2.75, 3.05) is 29.6 Å². The molecule has 244 valence electrons. The molecule has 0 fully saturated rings. The smallest absolute Gasteiger partial charge is 0.264 e. The summed E-state index contributed by atoms with van der Waals surface area (Å²) in [6, 6.07) is 21.0. The molecule has 0 saturated carbocycles. The first-order valence-electron chi connectivity index (χ1n) is 13.9. The molecule has 0 atom stereocenters. The summed E-state index contributed by atoms with van der Waals surface area (Å²) < 4.78 is 74.7. The van der Waals surface area contributed by atoms with Crippen molar-refractivity contribution in [2.45, 2.75) is 20.1 Å². The molecule has 0 aliphatic carbocycles. The minimum atomic E-state index is -3.66. The second-order valence-corrected chi connectivity index (χ2v) is 14.5. The highest BCUT2D eigenvalue weighted by molar-refractivity contribution is 7.90. The summed E-state index contributed by atoms with van der Waals surface area (Å²) in [6.07, 6.45) is 2.69. The molecule has 0 unspecified atom stereocenters. The lowest BCUT2D eigenvalue weighted by molar-refractivity contribution is 0.306. The molecular formula is C31H32ClFN4O7S2. The number of anilines is 2. The van der Waals surface area contributed by atoms with Crippen molar-refractivity contribution in [3.8, 4) is 17.1 Å². The Morgan fingerprint density at radius 3 is 2.48 bits per heavy atom. The van der Waals surface area contributed by atoms with Gasteiger partial charge < -0.3 is 19.8 Å². The number of aromatic nitrogens is 2. The third-order valence-corrected chi connectivity index (χ3v) is 8.34. The van der Waals surface area contributed by atoms with Gasteiger partial charge in [0, 0.05) is 29.4 Å². The van der Waals surface area contributed by atoms with Gasteiger partial charge in [0.25, 0.3) is 10.1 Å². The topological polar surface area (TPSA) is 161 Å². The number of halogens is 2. The molecule has 46 heavy (non-hydrogen) atoms. The number of fused-ring (bicyclic) bond motifs is 1. The first-order chi connectivity index (χ1) is 21.8. The van der Waals surface area contributed by atoms with Crippen molar-refractivity contribution >= 4 is 54.0 Å². The van der Waals surface area contributed by atoms with E-state index < -0.39 is 20.0 Å². The summed E-state index contributed by atoms with van der Waals surface area (Å²) in [5.41, 5.74) is 2.99.